The first-order valence-electron chi connectivity index (χ1n) is 6.05. The first-order valence-corrected chi connectivity index (χ1v) is 6.05. The molecule has 1 amide bonds. The summed E-state index contributed by atoms with van der Waals surface area (Å²) >= 11 is 0. The molecule has 3 nitrogen and oxygen atoms in total. The highest BCUT2D eigenvalue weighted by molar-refractivity contribution is 5.92. The molecule has 20 heavy (non-hydrogen) atoms. The summed E-state index contributed by atoms with van der Waals surface area (Å²) in [6.07, 6.45) is 0. The molecule has 0 bridgehead atoms. The topological polar surface area (TPSA) is 55.1 Å². The molecule has 0 spiro atoms. The molecule has 0 heterocycles. The molecule has 0 saturated heterocycles. The van der Waals surface area contributed by atoms with E-state index in [2.05, 4.69) is 5.32 Å². The zero-order valence-electron chi connectivity index (χ0n) is 10.9. The van der Waals surface area contributed by atoms with Crippen molar-refractivity contribution in [3.8, 4) is 0 Å². The second kappa shape index (κ2) is 5.69. The lowest BCUT2D eigenvalue weighted by molar-refractivity contribution is 0.1000. The van der Waals surface area contributed by atoms with Gasteiger partial charge in [-0.3, -0.25) is 4.79 Å². The lowest BCUT2D eigenvalue weighted by Gasteiger charge is -2.09. The molecule has 5 heteroatoms. The van der Waals surface area contributed by atoms with Gasteiger partial charge < -0.3 is 11.1 Å². The van der Waals surface area contributed by atoms with Crippen LogP contribution < -0.4 is 11.1 Å². The lowest BCUT2D eigenvalue weighted by atomic mass is 10.1. The fraction of sp³-hybridized carbons (Fsp3) is 0.133. The highest BCUT2D eigenvalue weighted by Gasteiger charge is 2.07. The minimum absolute atomic E-state index is 0.129. The molecule has 0 aliphatic carbocycles. The highest BCUT2D eigenvalue weighted by Crippen LogP contribution is 2.16. The molecule has 0 aliphatic rings. The molecule has 2 aromatic rings. The van der Waals surface area contributed by atoms with Crippen molar-refractivity contribution in [2.24, 2.45) is 5.73 Å². The Labute approximate surface area is 115 Å². The van der Waals surface area contributed by atoms with Crippen LogP contribution in [0.1, 0.15) is 21.5 Å². The van der Waals surface area contributed by atoms with E-state index in [0.717, 1.165) is 6.07 Å². The first kappa shape index (κ1) is 14.0. The van der Waals surface area contributed by atoms with Gasteiger partial charge in [0.1, 0.15) is 11.6 Å². The number of carbonyl (C=O) groups is 1. The minimum atomic E-state index is -0.669. The maximum Gasteiger partial charge on any atom is 0.248 e. The van der Waals surface area contributed by atoms with E-state index >= 15 is 0 Å². The summed E-state index contributed by atoms with van der Waals surface area (Å²) < 4.78 is 26.9. The summed E-state index contributed by atoms with van der Waals surface area (Å²) in [5, 5.41) is 3.00. The van der Waals surface area contributed by atoms with E-state index in [-0.39, 0.29) is 17.9 Å². The zero-order chi connectivity index (χ0) is 14.7. The number of rotatable bonds is 4. The summed E-state index contributed by atoms with van der Waals surface area (Å²) in [6, 6.07) is 8.65. The van der Waals surface area contributed by atoms with Gasteiger partial charge in [0.25, 0.3) is 0 Å². The third-order valence-electron chi connectivity index (χ3n) is 2.98. The Hall–Kier alpha value is -2.43. The Morgan fingerprint density at radius 2 is 1.90 bits per heavy atom. The number of benzene rings is 2. The van der Waals surface area contributed by atoms with Crippen molar-refractivity contribution in [3.63, 3.8) is 0 Å². The largest absolute Gasteiger partial charge is 0.381 e. The van der Waals surface area contributed by atoms with Gasteiger partial charge in [0.2, 0.25) is 5.91 Å². The van der Waals surface area contributed by atoms with Crippen LogP contribution in [0.3, 0.4) is 0 Å². The van der Waals surface area contributed by atoms with Crippen molar-refractivity contribution in [2.45, 2.75) is 13.5 Å². The maximum absolute atomic E-state index is 13.7. The summed E-state index contributed by atoms with van der Waals surface area (Å²) in [5.41, 5.74) is 6.81. The molecule has 0 fully saturated rings. The van der Waals surface area contributed by atoms with Gasteiger partial charge in [0.15, 0.2) is 0 Å². The number of anilines is 1. The van der Waals surface area contributed by atoms with Crippen LogP contribution in [0, 0.1) is 18.6 Å². The van der Waals surface area contributed by atoms with E-state index in [1.807, 2.05) is 0 Å². The normalized spacial score (nSPS) is 10.3. The van der Waals surface area contributed by atoms with E-state index in [0.29, 0.717) is 16.8 Å². The molecule has 2 rings (SSSR count). The SMILES string of the molecule is Cc1cc(NCc2ccc(C(N)=O)cc2F)ccc1F. The van der Waals surface area contributed by atoms with Crippen LogP contribution in [0.5, 0.6) is 0 Å². The Kier molecular flexibility index (Phi) is 3.98. The number of amides is 1. The minimum Gasteiger partial charge on any atom is -0.381 e. The second-order valence-electron chi connectivity index (χ2n) is 4.49. The number of carbonyl (C=O) groups excluding carboxylic acids is 1. The van der Waals surface area contributed by atoms with Crippen molar-refractivity contribution < 1.29 is 13.6 Å². The van der Waals surface area contributed by atoms with Crippen LogP contribution in [0.15, 0.2) is 36.4 Å². The molecule has 0 aliphatic heterocycles. The van der Waals surface area contributed by atoms with Crippen molar-refractivity contribution >= 4 is 11.6 Å². The van der Waals surface area contributed by atoms with E-state index in [4.69, 9.17) is 5.73 Å². The molecule has 104 valence electrons. The Bertz CT molecular complexity index is 656. The van der Waals surface area contributed by atoms with Gasteiger partial charge in [-0.05, 0) is 42.8 Å². The standard InChI is InChI=1S/C15H14F2N2O/c1-9-6-12(4-5-13(9)16)19-8-11-3-2-10(15(18)20)7-14(11)17/h2-7,19H,8H2,1H3,(H2,18,20). The number of halogens is 2. The molecular weight excluding hydrogens is 262 g/mol. The van der Waals surface area contributed by atoms with Crippen LogP contribution in [-0.4, -0.2) is 5.91 Å². The highest BCUT2D eigenvalue weighted by atomic mass is 19.1. The summed E-state index contributed by atoms with van der Waals surface area (Å²) in [5.74, 6) is -1.46. The van der Waals surface area contributed by atoms with Gasteiger partial charge in [-0.1, -0.05) is 6.07 Å². The Morgan fingerprint density at radius 1 is 1.15 bits per heavy atom. The fourth-order valence-electron chi connectivity index (χ4n) is 1.80. The maximum atomic E-state index is 13.7. The van der Waals surface area contributed by atoms with Crippen LogP contribution in [0.2, 0.25) is 0 Å². The summed E-state index contributed by atoms with van der Waals surface area (Å²) in [4.78, 5) is 10.9. The summed E-state index contributed by atoms with van der Waals surface area (Å²) in [6.45, 7) is 1.89. The fourth-order valence-corrected chi connectivity index (χ4v) is 1.80. The third kappa shape index (κ3) is 3.12. The predicted molar refractivity (Wildman–Crippen MR) is 73.4 cm³/mol. The molecule has 0 atom stereocenters. The molecule has 0 unspecified atom stereocenters. The molecule has 0 saturated carbocycles. The lowest BCUT2D eigenvalue weighted by Crippen LogP contribution is -2.12. The average molecular weight is 276 g/mol. The average Bonchev–Trinajstić information content (AvgIpc) is 2.41. The van der Waals surface area contributed by atoms with E-state index in [9.17, 15) is 13.6 Å². The second-order valence-corrected chi connectivity index (χ2v) is 4.49. The molecule has 2 aromatic carbocycles. The number of hydrogen-bond acceptors (Lipinski definition) is 2. The number of hydrogen-bond donors (Lipinski definition) is 2. The Morgan fingerprint density at radius 3 is 2.50 bits per heavy atom. The van der Waals surface area contributed by atoms with Crippen molar-refractivity contribution in [1.29, 1.82) is 0 Å². The number of aryl methyl sites for hydroxylation is 1. The van der Waals surface area contributed by atoms with Crippen molar-refractivity contribution in [1.82, 2.24) is 0 Å². The van der Waals surface area contributed by atoms with E-state index in [1.54, 1.807) is 19.1 Å². The van der Waals surface area contributed by atoms with Crippen LogP contribution in [0.4, 0.5) is 14.5 Å². The van der Waals surface area contributed by atoms with Crippen LogP contribution in [0.25, 0.3) is 0 Å². The van der Waals surface area contributed by atoms with Gasteiger partial charge in [-0.15, -0.1) is 0 Å². The van der Waals surface area contributed by atoms with Gasteiger partial charge >= 0.3 is 0 Å². The van der Waals surface area contributed by atoms with Gasteiger partial charge in [0, 0.05) is 23.4 Å². The van der Waals surface area contributed by atoms with Gasteiger partial charge in [0.05, 0.1) is 0 Å². The summed E-state index contributed by atoms with van der Waals surface area (Å²) in [7, 11) is 0. The number of nitrogens with one attached hydrogen (secondary N) is 1. The van der Waals surface area contributed by atoms with Crippen molar-refractivity contribution in [3.05, 3.63) is 64.7 Å². The van der Waals surface area contributed by atoms with Gasteiger partial charge in [-0.25, -0.2) is 8.78 Å². The van der Waals surface area contributed by atoms with Crippen LogP contribution in [-0.2, 0) is 6.54 Å². The third-order valence-corrected chi connectivity index (χ3v) is 2.98. The van der Waals surface area contributed by atoms with E-state index in [1.165, 1.54) is 18.2 Å². The quantitative estimate of drug-likeness (QED) is 0.902. The molecule has 0 radical (unpaired) electrons. The first-order chi connectivity index (χ1) is 9.47. The number of primary amides is 1. The zero-order valence-corrected chi connectivity index (χ0v) is 10.9. The van der Waals surface area contributed by atoms with E-state index < -0.39 is 11.7 Å². The molecule has 3 N–H and O–H groups in total. The number of nitrogens with two attached hydrogens (primary N) is 1. The van der Waals surface area contributed by atoms with Crippen LogP contribution >= 0.6 is 0 Å². The monoisotopic (exact) mass is 276 g/mol. The predicted octanol–water partition coefficient (Wildman–Crippen LogP) is 2.98. The molecule has 0 aromatic heterocycles. The molecular formula is C15H14F2N2O. The van der Waals surface area contributed by atoms with Crippen molar-refractivity contribution in [2.75, 3.05) is 5.32 Å². The van der Waals surface area contributed by atoms with Gasteiger partial charge in [-0.2, -0.15) is 0 Å². The Balaban J connectivity index is 2.10. The smallest absolute Gasteiger partial charge is 0.248 e.